The van der Waals surface area contributed by atoms with E-state index in [0.717, 1.165) is 47.8 Å². The Hall–Kier alpha value is -2.69. The number of hydrogen-bond donors (Lipinski definition) is 0. The lowest BCUT2D eigenvalue weighted by atomic mass is 10.1. The molecular weight excluding hydrogens is 336 g/mol. The lowest BCUT2D eigenvalue weighted by Crippen LogP contribution is -2.33. The van der Waals surface area contributed by atoms with Crippen molar-refractivity contribution in [2.24, 2.45) is 0 Å². The van der Waals surface area contributed by atoms with Gasteiger partial charge in [0.2, 0.25) is 5.91 Å². The van der Waals surface area contributed by atoms with Crippen molar-refractivity contribution in [2.45, 2.75) is 47.0 Å². The van der Waals surface area contributed by atoms with E-state index in [2.05, 4.69) is 29.1 Å². The highest BCUT2D eigenvalue weighted by atomic mass is 16.2. The van der Waals surface area contributed by atoms with E-state index in [9.17, 15) is 4.79 Å². The summed E-state index contributed by atoms with van der Waals surface area (Å²) in [5.41, 5.74) is 6.27. The van der Waals surface area contributed by atoms with Crippen LogP contribution in [0.5, 0.6) is 0 Å². The zero-order chi connectivity index (χ0) is 19.4. The summed E-state index contributed by atoms with van der Waals surface area (Å²) in [4.78, 5) is 19.3. The monoisotopic (exact) mass is 364 g/mol. The highest BCUT2D eigenvalue weighted by molar-refractivity contribution is 5.76. The number of aryl methyl sites for hydroxylation is 3. The molecule has 1 aromatic carbocycles. The summed E-state index contributed by atoms with van der Waals surface area (Å²) in [6, 6.07) is 12.3. The number of nitrogens with zero attached hydrogens (tertiary/aromatic N) is 4. The van der Waals surface area contributed by atoms with E-state index in [1.54, 1.807) is 0 Å². The minimum atomic E-state index is 0.198. The van der Waals surface area contributed by atoms with Crippen molar-refractivity contribution in [3.8, 4) is 0 Å². The second-order valence-electron chi connectivity index (χ2n) is 7.03. The number of fused-ring (bicyclic) bond motifs is 1. The fourth-order valence-corrected chi connectivity index (χ4v) is 3.56. The molecule has 0 radical (unpaired) electrons. The number of carbonyl (C=O) groups is 1. The van der Waals surface area contributed by atoms with Crippen molar-refractivity contribution in [1.82, 2.24) is 19.5 Å². The SMILES string of the molecule is CCN(CCc1ccccc1)C(=O)CCc1c(C)nc2cc(C)nn2c1C. The Morgan fingerprint density at radius 3 is 2.56 bits per heavy atom. The van der Waals surface area contributed by atoms with Gasteiger partial charge < -0.3 is 4.90 Å². The van der Waals surface area contributed by atoms with Gasteiger partial charge in [0, 0.05) is 37.0 Å². The number of rotatable bonds is 7. The molecule has 0 saturated carbocycles. The summed E-state index contributed by atoms with van der Waals surface area (Å²) in [5, 5.41) is 4.51. The zero-order valence-electron chi connectivity index (χ0n) is 16.7. The Morgan fingerprint density at radius 1 is 1.11 bits per heavy atom. The van der Waals surface area contributed by atoms with E-state index in [4.69, 9.17) is 0 Å². The fourth-order valence-electron chi connectivity index (χ4n) is 3.56. The smallest absolute Gasteiger partial charge is 0.222 e. The first-order chi connectivity index (χ1) is 13.0. The summed E-state index contributed by atoms with van der Waals surface area (Å²) >= 11 is 0. The van der Waals surface area contributed by atoms with Crippen LogP contribution in [0, 0.1) is 20.8 Å². The van der Waals surface area contributed by atoms with Gasteiger partial charge in [-0.15, -0.1) is 0 Å². The third kappa shape index (κ3) is 4.35. The van der Waals surface area contributed by atoms with Gasteiger partial charge in [0.15, 0.2) is 5.65 Å². The third-order valence-corrected chi connectivity index (χ3v) is 5.12. The topological polar surface area (TPSA) is 50.5 Å². The van der Waals surface area contributed by atoms with Crippen LogP contribution in [0.2, 0.25) is 0 Å². The van der Waals surface area contributed by atoms with Crippen LogP contribution in [0.15, 0.2) is 36.4 Å². The molecule has 2 aromatic heterocycles. The van der Waals surface area contributed by atoms with Gasteiger partial charge in [0.25, 0.3) is 0 Å². The van der Waals surface area contributed by atoms with Crippen molar-refractivity contribution in [2.75, 3.05) is 13.1 Å². The maximum atomic E-state index is 12.7. The average Bonchev–Trinajstić information content (AvgIpc) is 3.03. The number of likely N-dealkylation sites (N-methyl/N-ethyl adjacent to an activating group) is 1. The lowest BCUT2D eigenvalue weighted by molar-refractivity contribution is -0.130. The number of carbonyl (C=O) groups excluding carboxylic acids is 1. The van der Waals surface area contributed by atoms with Gasteiger partial charge in [-0.2, -0.15) is 5.10 Å². The molecule has 0 aliphatic carbocycles. The molecule has 3 rings (SSSR count). The molecular formula is C22H28N4O. The normalized spacial score (nSPS) is 11.1. The predicted octanol–water partition coefficient (Wildman–Crippen LogP) is 3.68. The Morgan fingerprint density at radius 2 is 1.85 bits per heavy atom. The van der Waals surface area contributed by atoms with Crippen molar-refractivity contribution in [1.29, 1.82) is 0 Å². The first-order valence-corrected chi connectivity index (χ1v) is 9.63. The lowest BCUT2D eigenvalue weighted by Gasteiger charge is -2.21. The molecule has 0 aliphatic heterocycles. The highest BCUT2D eigenvalue weighted by Crippen LogP contribution is 2.17. The van der Waals surface area contributed by atoms with E-state index < -0.39 is 0 Å². The summed E-state index contributed by atoms with van der Waals surface area (Å²) < 4.78 is 1.88. The second kappa shape index (κ2) is 8.33. The number of aromatic nitrogens is 3. The van der Waals surface area contributed by atoms with Gasteiger partial charge in [0.1, 0.15) is 0 Å². The molecule has 0 saturated heterocycles. The van der Waals surface area contributed by atoms with Crippen molar-refractivity contribution < 1.29 is 4.79 Å². The molecule has 0 fully saturated rings. The number of amides is 1. The van der Waals surface area contributed by atoms with Crippen LogP contribution in [-0.4, -0.2) is 38.5 Å². The molecule has 0 N–H and O–H groups in total. The zero-order valence-corrected chi connectivity index (χ0v) is 16.7. The summed E-state index contributed by atoms with van der Waals surface area (Å²) in [7, 11) is 0. The van der Waals surface area contributed by atoms with Crippen LogP contribution >= 0.6 is 0 Å². The molecule has 5 nitrogen and oxygen atoms in total. The van der Waals surface area contributed by atoms with E-state index in [0.29, 0.717) is 12.8 Å². The average molecular weight is 364 g/mol. The summed E-state index contributed by atoms with van der Waals surface area (Å²) in [6.45, 7) is 9.58. The molecule has 1 amide bonds. The quantitative estimate of drug-likeness (QED) is 0.643. The maximum absolute atomic E-state index is 12.7. The van der Waals surface area contributed by atoms with Gasteiger partial charge in [-0.25, -0.2) is 9.50 Å². The summed E-state index contributed by atoms with van der Waals surface area (Å²) in [6.07, 6.45) is 2.08. The molecule has 5 heteroatoms. The Bertz CT molecular complexity index is 930. The Kier molecular flexibility index (Phi) is 5.89. The van der Waals surface area contributed by atoms with Crippen LogP contribution in [-0.2, 0) is 17.6 Å². The standard InChI is InChI=1S/C22H28N4O/c1-5-25(14-13-19-9-7-6-8-10-19)22(27)12-11-20-17(3)23-21-15-16(2)24-26(21)18(20)4/h6-10,15H,5,11-14H2,1-4H3. The van der Waals surface area contributed by atoms with E-state index >= 15 is 0 Å². The Balaban J connectivity index is 1.66. The number of benzene rings is 1. The second-order valence-corrected chi connectivity index (χ2v) is 7.03. The summed E-state index contributed by atoms with van der Waals surface area (Å²) in [5.74, 6) is 0.198. The molecule has 142 valence electrons. The largest absolute Gasteiger partial charge is 0.343 e. The van der Waals surface area contributed by atoms with Crippen LogP contribution < -0.4 is 0 Å². The van der Waals surface area contributed by atoms with Crippen molar-refractivity contribution in [3.63, 3.8) is 0 Å². The molecule has 0 aliphatic rings. The molecule has 2 heterocycles. The van der Waals surface area contributed by atoms with Crippen molar-refractivity contribution in [3.05, 3.63) is 64.6 Å². The van der Waals surface area contributed by atoms with Crippen LogP contribution in [0.1, 0.15) is 41.6 Å². The third-order valence-electron chi connectivity index (χ3n) is 5.12. The minimum absolute atomic E-state index is 0.198. The molecule has 0 bridgehead atoms. The Labute approximate surface area is 161 Å². The number of hydrogen-bond acceptors (Lipinski definition) is 3. The van der Waals surface area contributed by atoms with E-state index in [-0.39, 0.29) is 5.91 Å². The van der Waals surface area contributed by atoms with Crippen molar-refractivity contribution >= 4 is 11.6 Å². The molecule has 0 unspecified atom stereocenters. The fraction of sp³-hybridized carbons (Fsp3) is 0.409. The first kappa shape index (κ1) is 19.1. The van der Waals surface area contributed by atoms with Gasteiger partial charge in [-0.3, -0.25) is 4.79 Å². The van der Waals surface area contributed by atoms with Gasteiger partial charge >= 0.3 is 0 Å². The molecule has 0 spiro atoms. The van der Waals surface area contributed by atoms with Gasteiger partial charge in [-0.05, 0) is 51.7 Å². The first-order valence-electron chi connectivity index (χ1n) is 9.63. The van der Waals surface area contributed by atoms with Crippen LogP contribution in [0.4, 0.5) is 0 Å². The maximum Gasteiger partial charge on any atom is 0.222 e. The van der Waals surface area contributed by atoms with E-state index in [1.807, 2.05) is 54.5 Å². The predicted molar refractivity (Wildman–Crippen MR) is 108 cm³/mol. The van der Waals surface area contributed by atoms with Gasteiger partial charge in [-0.1, -0.05) is 30.3 Å². The highest BCUT2D eigenvalue weighted by Gasteiger charge is 2.16. The van der Waals surface area contributed by atoms with Crippen LogP contribution in [0.25, 0.3) is 5.65 Å². The van der Waals surface area contributed by atoms with E-state index in [1.165, 1.54) is 5.56 Å². The molecule has 0 atom stereocenters. The van der Waals surface area contributed by atoms with Gasteiger partial charge in [0.05, 0.1) is 5.69 Å². The molecule has 3 aromatic rings. The molecule has 27 heavy (non-hydrogen) atoms. The minimum Gasteiger partial charge on any atom is -0.343 e. The van der Waals surface area contributed by atoms with Crippen LogP contribution in [0.3, 0.4) is 0 Å².